The number of thiazole rings is 1. The largest absolute Gasteiger partial charge is 0.391 e. The zero-order valence-electron chi connectivity index (χ0n) is 11.3. The minimum Gasteiger partial charge on any atom is -0.391 e. The molecule has 0 radical (unpaired) electrons. The molecule has 0 aliphatic heterocycles. The van der Waals surface area contributed by atoms with Crippen LogP contribution in [0.3, 0.4) is 0 Å². The predicted octanol–water partition coefficient (Wildman–Crippen LogP) is 3.04. The van der Waals surface area contributed by atoms with Crippen LogP contribution in [0.1, 0.15) is 23.1 Å². The zero-order chi connectivity index (χ0) is 13.9. The van der Waals surface area contributed by atoms with Crippen molar-refractivity contribution >= 4 is 22.0 Å². The van der Waals surface area contributed by atoms with Gasteiger partial charge in [0.1, 0.15) is 12.9 Å². The summed E-state index contributed by atoms with van der Waals surface area (Å²) in [4.78, 5) is 11.5. The van der Waals surface area contributed by atoms with Gasteiger partial charge in [0.05, 0.1) is 16.3 Å². The molecule has 0 N–H and O–H groups in total. The molecular formula is C14H14N4OS. The lowest BCUT2D eigenvalue weighted by atomic mass is 10.2. The van der Waals surface area contributed by atoms with E-state index < -0.39 is 0 Å². The molecule has 0 atom stereocenters. The predicted molar refractivity (Wildman–Crippen MR) is 79.0 cm³/mol. The van der Waals surface area contributed by atoms with Gasteiger partial charge >= 0.3 is 0 Å². The number of fused-ring (bicyclic) bond motifs is 1. The minimum atomic E-state index is 0.470. The molecule has 0 aliphatic rings. The van der Waals surface area contributed by atoms with Gasteiger partial charge in [-0.2, -0.15) is 5.10 Å². The van der Waals surface area contributed by atoms with Gasteiger partial charge in [-0.1, -0.05) is 46.8 Å². The summed E-state index contributed by atoms with van der Waals surface area (Å²) < 4.78 is 1.82. The van der Waals surface area contributed by atoms with Gasteiger partial charge in [0.25, 0.3) is 0 Å². The molecule has 0 spiro atoms. The normalized spacial score (nSPS) is 12.0. The average Bonchev–Trinajstić information content (AvgIpc) is 3.03. The van der Waals surface area contributed by atoms with Gasteiger partial charge in [-0.3, -0.25) is 0 Å². The first-order chi connectivity index (χ1) is 9.75. The fraction of sp³-hybridized carbons (Fsp3) is 0.214. The van der Waals surface area contributed by atoms with Gasteiger partial charge in [0.2, 0.25) is 4.96 Å². The summed E-state index contributed by atoms with van der Waals surface area (Å²) in [6, 6.07) is 9.98. The molecule has 0 fully saturated rings. The Bertz CT molecular complexity index is 745. The maximum Gasteiger partial charge on any atom is 0.212 e. The maximum absolute atomic E-state index is 5.41. The number of hydrogen-bond donors (Lipinski definition) is 0. The third-order valence-corrected chi connectivity index (χ3v) is 4.22. The summed E-state index contributed by atoms with van der Waals surface area (Å²) in [6.45, 7) is 4.41. The van der Waals surface area contributed by atoms with Crippen molar-refractivity contribution in [3.63, 3.8) is 0 Å². The average molecular weight is 286 g/mol. The third kappa shape index (κ3) is 2.42. The van der Waals surface area contributed by atoms with Crippen LogP contribution < -0.4 is 0 Å². The number of aryl methyl sites for hydroxylation is 1. The van der Waals surface area contributed by atoms with Crippen molar-refractivity contribution in [1.29, 1.82) is 0 Å². The molecule has 1 aromatic carbocycles. The van der Waals surface area contributed by atoms with Crippen LogP contribution in [0.2, 0.25) is 0 Å². The third-order valence-electron chi connectivity index (χ3n) is 2.96. The minimum absolute atomic E-state index is 0.470. The summed E-state index contributed by atoms with van der Waals surface area (Å²) in [5.41, 5.74) is 2.98. The topological polar surface area (TPSA) is 51.8 Å². The van der Waals surface area contributed by atoms with E-state index >= 15 is 0 Å². The molecule has 102 valence electrons. The van der Waals surface area contributed by atoms with Gasteiger partial charge < -0.3 is 4.84 Å². The Morgan fingerprint density at radius 3 is 2.90 bits per heavy atom. The van der Waals surface area contributed by atoms with Gasteiger partial charge in [0.15, 0.2) is 0 Å². The number of hydrogen-bond acceptors (Lipinski definition) is 5. The van der Waals surface area contributed by atoms with Gasteiger partial charge in [0, 0.05) is 0 Å². The summed E-state index contributed by atoms with van der Waals surface area (Å²) in [7, 11) is 0. The number of aromatic nitrogens is 3. The van der Waals surface area contributed by atoms with Crippen molar-refractivity contribution in [2.75, 3.05) is 0 Å². The zero-order valence-corrected chi connectivity index (χ0v) is 12.1. The van der Waals surface area contributed by atoms with Crippen LogP contribution in [0.25, 0.3) is 4.96 Å². The quantitative estimate of drug-likeness (QED) is 0.547. The van der Waals surface area contributed by atoms with Crippen molar-refractivity contribution in [1.82, 2.24) is 14.6 Å². The maximum atomic E-state index is 5.41. The first-order valence-corrected chi connectivity index (χ1v) is 7.07. The Morgan fingerprint density at radius 2 is 2.15 bits per heavy atom. The molecule has 0 unspecified atom stereocenters. The fourth-order valence-electron chi connectivity index (χ4n) is 1.95. The van der Waals surface area contributed by atoms with E-state index in [1.165, 1.54) is 0 Å². The molecule has 0 amide bonds. The molecule has 2 heterocycles. The first-order valence-electron chi connectivity index (χ1n) is 6.25. The summed E-state index contributed by atoms with van der Waals surface area (Å²) >= 11 is 1.56. The Balaban J connectivity index is 1.74. The highest BCUT2D eigenvalue weighted by Crippen LogP contribution is 2.21. The van der Waals surface area contributed by atoms with Crippen LogP contribution in [0.5, 0.6) is 0 Å². The lowest BCUT2D eigenvalue weighted by Crippen LogP contribution is -1.98. The molecule has 3 aromatic rings. The second-order valence-electron chi connectivity index (χ2n) is 4.41. The van der Waals surface area contributed by atoms with Crippen LogP contribution in [-0.2, 0) is 11.4 Å². The van der Waals surface area contributed by atoms with E-state index in [0.29, 0.717) is 6.61 Å². The monoisotopic (exact) mass is 286 g/mol. The van der Waals surface area contributed by atoms with E-state index in [1.807, 2.05) is 48.7 Å². The highest BCUT2D eigenvalue weighted by Gasteiger charge is 2.12. The summed E-state index contributed by atoms with van der Waals surface area (Å²) in [5, 5.41) is 8.35. The van der Waals surface area contributed by atoms with Crippen LogP contribution in [-0.4, -0.2) is 20.3 Å². The number of oxime groups is 1. The van der Waals surface area contributed by atoms with Crippen LogP contribution in [0.15, 0.2) is 41.8 Å². The first kappa shape index (κ1) is 12.8. The Hall–Kier alpha value is -2.21. The van der Waals surface area contributed by atoms with E-state index in [-0.39, 0.29) is 0 Å². The van der Waals surface area contributed by atoms with Crippen LogP contribution in [0, 0.1) is 6.92 Å². The fourth-order valence-corrected chi connectivity index (χ4v) is 2.92. The summed E-state index contributed by atoms with van der Waals surface area (Å²) in [5.74, 6) is 0. The SMILES string of the molecule is C/C(=N/OCc1ccccc1)c1sc2ncnn2c1C. The van der Waals surface area contributed by atoms with Gasteiger partial charge in [-0.25, -0.2) is 9.50 Å². The molecule has 2 aromatic heterocycles. The number of rotatable bonds is 4. The van der Waals surface area contributed by atoms with E-state index in [4.69, 9.17) is 4.84 Å². The second-order valence-corrected chi connectivity index (χ2v) is 5.38. The Kier molecular flexibility index (Phi) is 3.47. The van der Waals surface area contributed by atoms with Gasteiger partial charge in [-0.05, 0) is 19.4 Å². The Labute approximate surface area is 120 Å². The smallest absolute Gasteiger partial charge is 0.212 e. The number of nitrogens with zero attached hydrogens (tertiary/aromatic N) is 4. The molecule has 20 heavy (non-hydrogen) atoms. The Morgan fingerprint density at radius 1 is 1.35 bits per heavy atom. The van der Waals surface area contributed by atoms with E-state index in [2.05, 4.69) is 15.2 Å². The number of benzene rings is 1. The molecule has 5 nitrogen and oxygen atoms in total. The van der Waals surface area contributed by atoms with Crippen molar-refractivity contribution in [3.05, 3.63) is 52.8 Å². The molecule has 6 heteroatoms. The molecular weight excluding hydrogens is 272 g/mol. The van der Waals surface area contributed by atoms with E-state index in [0.717, 1.165) is 26.8 Å². The molecule has 3 rings (SSSR count). The lowest BCUT2D eigenvalue weighted by Gasteiger charge is -2.01. The van der Waals surface area contributed by atoms with Crippen molar-refractivity contribution < 1.29 is 4.84 Å². The summed E-state index contributed by atoms with van der Waals surface area (Å²) in [6.07, 6.45) is 1.56. The van der Waals surface area contributed by atoms with Crippen molar-refractivity contribution in [3.8, 4) is 0 Å². The molecule has 0 aliphatic carbocycles. The molecule has 0 saturated heterocycles. The second kappa shape index (κ2) is 5.42. The highest BCUT2D eigenvalue weighted by atomic mass is 32.1. The lowest BCUT2D eigenvalue weighted by molar-refractivity contribution is 0.130. The molecule has 0 saturated carbocycles. The van der Waals surface area contributed by atoms with Crippen LogP contribution >= 0.6 is 11.3 Å². The standard InChI is InChI=1S/C14H14N4OS/c1-10(17-19-8-12-6-4-3-5-7-12)13-11(2)18-14(20-13)15-9-16-18/h3-7,9H,8H2,1-2H3/b17-10-. The highest BCUT2D eigenvalue weighted by molar-refractivity contribution is 7.19. The van der Waals surface area contributed by atoms with E-state index in [9.17, 15) is 0 Å². The van der Waals surface area contributed by atoms with E-state index in [1.54, 1.807) is 17.7 Å². The van der Waals surface area contributed by atoms with Crippen molar-refractivity contribution in [2.45, 2.75) is 20.5 Å². The van der Waals surface area contributed by atoms with Crippen LogP contribution in [0.4, 0.5) is 0 Å². The molecule has 0 bridgehead atoms. The van der Waals surface area contributed by atoms with Gasteiger partial charge in [-0.15, -0.1) is 0 Å². The van der Waals surface area contributed by atoms with Crippen molar-refractivity contribution in [2.24, 2.45) is 5.16 Å².